The van der Waals surface area contributed by atoms with E-state index in [0.717, 1.165) is 22.6 Å². The topological polar surface area (TPSA) is 104 Å². The second-order valence-corrected chi connectivity index (χ2v) is 7.76. The van der Waals surface area contributed by atoms with Crippen molar-refractivity contribution in [2.24, 2.45) is 5.92 Å². The van der Waals surface area contributed by atoms with E-state index in [1.165, 1.54) is 30.8 Å². The van der Waals surface area contributed by atoms with Crippen LogP contribution < -0.4 is 0 Å². The molecule has 1 atom stereocenters. The maximum Gasteiger partial charge on any atom is 0.329 e. The SMILES string of the molecule is CC1=CC(=O)C(C(=O)C=Cc2ccc(Sc3ccc(C)cc3)c([N+](=O)[O-])c2)C(=O)O1. The number of allylic oxidation sites excluding steroid dienone is 3. The van der Waals surface area contributed by atoms with Crippen LogP contribution in [-0.2, 0) is 19.1 Å². The minimum atomic E-state index is -1.55. The molecule has 1 unspecified atom stereocenters. The Balaban J connectivity index is 1.81. The van der Waals surface area contributed by atoms with Gasteiger partial charge < -0.3 is 4.74 Å². The third kappa shape index (κ3) is 4.90. The summed E-state index contributed by atoms with van der Waals surface area (Å²) in [5, 5.41) is 11.5. The molecule has 8 heteroatoms. The van der Waals surface area contributed by atoms with Gasteiger partial charge in [-0.05, 0) is 43.7 Å². The van der Waals surface area contributed by atoms with Gasteiger partial charge in [-0.2, -0.15) is 0 Å². The standard InChI is InChI=1S/C22H17NO6S/c1-13-3-7-16(8-4-13)30-20-10-6-15(12-17(20)23(27)28)5-9-18(24)21-19(25)11-14(2)29-22(21)26/h3-12,21H,1-2H3. The van der Waals surface area contributed by atoms with Gasteiger partial charge in [0.25, 0.3) is 5.69 Å². The van der Waals surface area contributed by atoms with Crippen molar-refractivity contribution in [2.75, 3.05) is 0 Å². The van der Waals surface area contributed by atoms with E-state index in [2.05, 4.69) is 0 Å². The van der Waals surface area contributed by atoms with Crippen molar-refractivity contribution >= 4 is 41.1 Å². The van der Waals surface area contributed by atoms with Crippen LogP contribution in [-0.4, -0.2) is 22.5 Å². The zero-order valence-corrected chi connectivity index (χ0v) is 17.0. The monoisotopic (exact) mass is 423 g/mol. The molecular weight excluding hydrogens is 406 g/mol. The Bertz CT molecular complexity index is 1100. The summed E-state index contributed by atoms with van der Waals surface area (Å²) in [7, 11) is 0. The predicted octanol–water partition coefficient (Wildman–Crippen LogP) is 4.28. The predicted molar refractivity (Wildman–Crippen MR) is 111 cm³/mol. The number of nitro groups is 1. The molecule has 30 heavy (non-hydrogen) atoms. The molecule has 0 saturated carbocycles. The molecule has 2 aromatic rings. The van der Waals surface area contributed by atoms with E-state index < -0.39 is 28.4 Å². The molecule has 3 rings (SSSR count). The first-order valence-corrected chi connectivity index (χ1v) is 9.75. The Morgan fingerprint density at radius 2 is 1.83 bits per heavy atom. The number of benzene rings is 2. The van der Waals surface area contributed by atoms with E-state index in [1.807, 2.05) is 31.2 Å². The van der Waals surface area contributed by atoms with Gasteiger partial charge >= 0.3 is 5.97 Å². The lowest BCUT2D eigenvalue weighted by molar-refractivity contribution is -0.387. The molecule has 0 saturated heterocycles. The van der Waals surface area contributed by atoms with Crippen molar-refractivity contribution in [2.45, 2.75) is 23.6 Å². The van der Waals surface area contributed by atoms with Crippen LogP contribution in [0.4, 0.5) is 5.69 Å². The Morgan fingerprint density at radius 3 is 2.47 bits per heavy atom. The molecule has 152 valence electrons. The van der Waals surface area contributed by atoms with Crippen molar-refractivity contribution in [3.63, 3.8) is 0 Å². The number of nitrogens with zero attached hydrogens (tertiary/aromatic N) is 1. The molecule has 7 nitrogen and oxygen atoms in total. The van der Waals surface area contributed by atoms with Crippen LogP contribution in [0.1, 0.15) is 18.1 Å². The molecule has 0 N–H and O–H groups in total. The minimum absolute atomic E-state index is 0.109. The number of carbonyl (C=O) groups is 3. The van der Waals surface area contributed by atoms with Gasteiger partial charge in [0, 0.05) is 17.0 Å². The van der Waals surface area contributed by atoms with E-state index in [4.69, 9.17) is 4.74 Å². The van der Waals surface area contributed by atoms with Gasteiger partial charge in [0.1, 0.15) is 5.76 Å². The van der Waals surface area contributed by atoms with Gasteiger partial charge in [-0.3, -0.25) is 24.5 Å². The highest BCUT2D eigenvalue weighted by Gasteiger charge is 2.36. The van der Waals surface area contributed by atoms with Crippen LogP contribution in [0.5, 0.6) is 0 Å². The number of aryl methyl sites for hydroxylation is 1. The van der Waals surface area contributed by atoms with Crippen molar-refractivity contribution < 1.29 is 24.0 Å². The fourth-order valence-electron chi connectivity index (χ4n) is 2.78. The number of nitro benzene ring substituents is 1. The average Bonchev–Trinajstić information content (AvgIpc) is 2.68. The molecule has 1 aliphatic rings. The van der Waals surface area contributed by atoms with Gasteiger partial charge in [-0.15, -0.1) is 0 Å². The van der Waals surface area contributed by atoms with E-state index >= 15 is 0 Å². The number of rotatable bonds is 6. The van der Waals surface area contributed by atoms with Crippen LogP contribution in [0.15, 0.2) is 70.2 Å². The molecule has 1 aliphatic heterocycles. The minimum Gasteiger partial charge on any atom is -0.430 e. The summed E-state index contributed by atoms with van der Waals surface area (Å²) in [6, 6.07) is 12.2. The average molecular weight is 423 g/mol. The molecule has 0 aliphatic carbocycles. The van der Waals surface area contributed by atoms with Crippen LogP contribution in [0.3, 0.4) is 0 Å². The first-order valence-electron chi connectivity index (χ1n) is 8.93. The molecule has 0 spiro atoms. The lowest BCUT2D eigenvalue weighted by atomic mass is 9.96. The number of ether oxygens (including phenoxy) is 1. The van der Waals surface area contributed by atoms with Crippen LogP contribution in [0.2, 0.25) is 0 Å². The smallest absolute Gasteiger partial charge is 0.329 e. The number of carbonyl (C=O) groups excluding carboxylic acids is 3. The van der Waals surface area contributed by atoms with Crippen LogP contribution in [0.25, 0.3) is 6.08 Å². The molecule has 0 radical (unpaired) electrons. The number of cyclic esters (lactones) is 1. The Hall–Kier alpha value is -3.52. The van der Waals surface area contributed by atoms with Gasteiger partial charge in [0.05, 0.1) is 9.82 Å². The second-order valence-electron chi connectivity index (χ2n) is 6.65. The first-order chi connectivity index (χ1) is 14.2. The number of hydrogen-bond donors (Lipinski definition) is 0. The Morgan fingerprint density at radius 1 is 1.13 bits per heavy atom. The zero-order chi connectivity index (χ0) is 21.8. The molecule has 0 fully saturated rings. The van der Waals surface area contributed by atoms with Gasteiger partial charge in [-0.1, -0.05) is 41.6 Å². The summed E-state index contributed by atoms with van der Waals surface area (Å²) in [5.41, 5.74) is 1.37. The fourth-order valence-corrected chi connectivity index (χ4v) is 3.68. The maximum absolute atomic E-state index is 12.3. The summed E-state index contributed by atoms with van der Waals surface area (Å²) in [4.78, 5) is 48.4. The normalized spacial score (nSPS) is 16.3. The summed E-state index contributed by atoms with van der Waals surface area (Å²) in [5.74, 6) is -3.72. The van der Waals surface area contributed by atoms with Gasteiger partial charge in [0.15, 0.2) is 17.5 Å². The van der Waals surface area contributed by atoms with Crippen molar-refractivity contribution in [1.29, 1.82) is 0 Å². The third-order valence-corrected chi connectivity index (χ3v) is 5.35. The quantitative estimate of drug-likeness (QED) is 0.224. The highest BCUT2D eigenvalue weighted by molar-refractivity contribution is 7.99. The van der Waals surface area contributed by atoms with Gasteiger partial charge in [0.2, 0.25) is 0 Å². The van der Waals surface area contributed by atoms with Crippen molar-refractivity contribution in [3.8, 4) is 0 Å². The van der Waals surface area contributed by atoms with Crippen LogP contribution in [0, 0.1) is 23.0 Å². The maximum atomic E-state index is 12.3. The molecule has 0 aromatic heterocycles. The Kier molecular flexibility index (Phi) is 6.27. The highest BCUT2D eigenvalue weighted by atomic mass is 32.2. The lowest BCUT2D eigenvalue weighted by Gasteiger charge is -2.15. The first kappa shape index (κ1) is 21.2. The van der Waals surface area contributed by atoms with E-state index in [1.54, 1.807) is 12.1 Å². The summed E-state index contributed by atoms with van der Waals surface area (Å²) in [6.07, 6.45) is 3.49. The lowest BCUT2D eigenvalue weighted by Crippen LogP contribution is -2.34. The molecule has 0 bridgehead atoms. The van der Waals surface area contributed by atoms with E-state index in [0.29, 0.717) is 10.5 Å². The van der Waals surface area contributed by atoms with Crippen LogP contribution >= 0.6 is 11.8 Å². The van der Waals surface area contributed by atoms with Crippen molar-refractivity contribution in [3.05, 3.63) is 81.6 Å². The third-order valence-electron chi connectivity index (χ3n) is 4.28. The number of ketones is 2. The van der Waals surface area contributed by atoms with Gasteiger partial charge in [-0.25, -0.2) is 0 Å². The summed E-state index contributed by atoms with van der Waals surface area (Å²) in [6.45, 7) is 3.40. The number of hydrogen-bond acceptors (Lipinski definition) is 7. The van der Waals surface area contributed by atoms with Crippen molar-refractivity contribution in [1.82, 2.24) is 0 Å². The zero-order valence-electron chi connectivity index (χ0n) is 16.2. The summed E-state index contributed by atoms with van der Waals surface area (Å²) < 4.78 is 4.83. The number of esters is 1. The molecule has 2 aromatic carbocycles. The summed E-state index contributed by atoms with van der Waals surface area (Å²) >= 11 is 1.26. The Labute approximate surface area is 176 Å². The molecule has 1 heterocycles. The fraction of sp³-hybridized carbons (Fsp3) is 0.136. The van der Waals surface area contributed by atoms with E-state index in [9.17, 15) is 24.5 Å². The second kappa shape index (κ2) is 8.87. The largest absolute Gasteiger partial charge is 0.430 e. The highest BCUT2D eigenvalue weighted by Crippen LogP contribution is 2.35. The van der Waals surface area contributed by atoms with E-state index in [-0.39, 0.29) is 11.4 Å². The molecular formula is C22H17NO6S. The molecule has 0 amide bonds.